The lowest BCUT2D eigenvalue weighted by Crippen LogP contribution is -2.38. The third-order valence-corrected chi connectivity index (χ3v) is 3.22. The zero-order valence-corrected chi connectivity index (χ0v) is 12.4. The zero-order chi connectivity index (χ0) is 15.3. The second-order valence-corrected chi connectivity index (χ2v) is 5.36. The molecule has 0 fully saturated rings. The first-order valence-corrected chi connectivity index (χ1v) is 6.78. The van der Waals surface area contributed by atoms with Crippen LogP contribution in [0.1, 0.15) is 39.3 Å². The maximum atomic E-state index is 13.7. The van der Waals surface area contributed by atoms with Gasteiger partial charge in [0.1, 0.15) is 11.6 Å². The number of nitrogens with one attached hydrogen (secondary N) is 1. The fraction of sp³-hybridized carbons (Fsp3) is 0.533. The third-order valence-electron chi connectivity index (χ3n) is 3.22. The van der Waals surface area contributed by atoms with E-state index in [0.29, 0.717) is 17.2 Å². The third kappa shape index (κ3) is 4.81. The van der Waals surface area contributed by atoms with Gasteiger partial charge >= 0.3 is 0 Å². The maximum absolute atomic E-state index is 13.7. The van der Waals surface area contributed by atoms with Crippen LogP contribution in [0.25, 0.3) is 0 Å². The Morgan fingerprint density at radius 3 is 2.50 bits per heavy atom. The predicted molar refractivity (Wildman–Crippen MR) is 76.9 cm³/mol. The number of rotatable bonds is 6. The number of hydrogen-bond acceptors (Lipinski definition) is 3. The van der Waals surface area contributed by atoms with E-state index >= 15 is 0 Å². The van der Waals surface area contributed by atoms with Gasteiger partial charge in [0.05, 0.1) is 0 Å². The van der Waals surface area contributed by atoms with Crippen molar-refractivity contribution in [1.29, 1.82) is 0 Å². The summed E-state index contributed by atoms with van der Waals surface area (Å²) in [6, 6.07) is 4.13. The molecule has 0 saturated carbocycles. The normalized spacial score (nSPS) is 13.9. The van der Waals surface area contributed by atoms with Gasteiger partial charge in [-0.15, -0.1) is 0 Å². The van der Waals surface area contributed by atoms with Crippen LogP contribution >= 0.6 is 0 Å². The quantitative estimate of drug-likeness (QED) is 0.842. The Balaban J connectivity index is 2.54. The molecule has 0 bridgehead atoms. The summed E-state index contributed by atoms with van der Waals surface area (Å²) in [5.74, 6) is 0.0253. The number of ether oxygens (including phenoxy) is 1. The highest BCUT2D eigenvalue weighted by molar-refractivity contribution is 5.77. The molecule has 2 atom stereocenters. The van der Waals surface area contributed by atoms with Crippen molar-refractivity contribution in [3.63, 3.8) is 0 Å². The number of benzene rings is 1. The molecule has 1 amide bonds. The van der Waals surface area contributed by atoms with Crippen molar-refractivity contribution in [3.05, 3.63) is 29.6 Å². The lowest BCUT2D eigenvalue weighted by atomic mass is 10.1. The molecule has 0 aliphatic carbocycles. The summed E-state index contributed by atoms with van der Waals surface area (Å²) in [4.78, 5) is 11.6. The highest BCUT2D eigenvalue weighted by atomic mass is 19.1. The van der Waals surface area contributed by atoms with E-state index < -0.39 is 5.82 Å². The standard InChI is InChI=1S/C15H23FN2O2/c1-9(2)11(4)18-15(19)8-20-12-5-6-13(10(3)17)14(16)7-12/h5-7,9-11H,8,17H2,1-4H3,(H,18,19). The van der Waals surface area contributed by atoms with Gasteiger partial charge < -0.3 is 15.8 Å². The van der Waals surface area contributed by atoms with Crippen molar-refractivity contribution in [1.82, 2.24) is 5.32 Å². The van der Waals surface area contributed by atoms with Gasteiger partial charge in [-0.3, -0.25) is 4.79 Å². The molecule has 0 saturated heterocycles. The first-order chi connectivity index (χ1) is 9.31. The van der Waals surface area contributed by atoms with Crippen LogP contribution < -0.4 is 15.8 Å². The SMILES string of the molecule is CC(N)c1ccc(OCC(=O)NC(C)C(C)C)cc1F. The Kier molecular flexibility index (Phi) is 5.95. The van der Waals surface area contributed by atoms with Gasteiger partial charge in [0.15, 0.2) is 6.61 Å². The fourth-order valence-electron chi connectivity index (χ4n) is 1.58. The van der Waals surface area contributed by atoms with E-state index in [4.69, 9.17) is 10.5 Å². The van der Waals surface area contributed by atoms with Gasteiger partial charge in [-0.1, -0.05) is 19.9 Å². The summed E-state index contributed by atoms with van der Waals surface area (Å²) in [6.45, 7) is 7.55. The second-order valence-electron chi connectivity index (χ2n) is 5.36. The molecule has 5 heteroatoms. The first-order valence-electron chi connectivity index (χ1n) is 6.78. The molecule has 0 aliphatic rings. The van der Waals surface area contributed by atoms with Crippen molar-refractivity contribution in [2.24, 2.45) is 11.7 Å². The Morgan fingerprint density at radius 1 is 1.35 bits per heavy atom. The molecule has 1 aromatic carbocycles. The van der Waals surface area contributed by atoms with Crippen molar-refractivity contribution >= 4 is 5.91 Å². The topological polar surface area (TPSA) is 64.3 Å². The van der Waals surface area contributed by atoms with E-state index in [-0.39, 0.29) is 24.6 Å². The number of hydrogen-bond donors (Lipinski definition) is 2. The number of carbonyl (C=O) groups excluding carboxylic acids is 1. The second kappa shape index (κ2) is 7.24. The summed E-state index contributed by atoms with van der Waals surface area (Å²) in [5.41, 5.74) is 6.05. The largest absolute Gasteiger partial charge is 0.484 e. The lowest BCUT2D eigenvalue weighted by Gasteiger charge is -2.17. The number of amides is 1. The maximum Gasteiger partial charge on any atom is 0.258 e. The zero-order valence-electron chi connectivity index (χ0n) is 12.4. The molecule has 0 aliphatic heterocycles. The number of halogens is 1. The van der Waals surface area contributed by atoms with Crippen LogP contribution in [0.2, 0.25) is 0 Å². The summed E-state index contributed by atoms with van der Waals surface area (Å²) in [6.07, 6.45) is 0. The summed E-state index contributed by atoms with van der Waals surface area (Å²) in [5, 5.41) is 2.82. The number of nitrogens with two attached hydrogens (primary N) is 1. The van der Waals surface area contributed by atoms with E-state index in [1.165, 1.54) is 6.07 Å². The van der Waals surface area contributed by atoms with E-state index in [0.717, 1.165) is 0 Å². The molecule has 0 heterocycles. The monoisotopic (exact) mass is 282 g/mol. The van der Waals surface area contributed by atoms with Crippen LogP contribution in [-0.4, -0.2) is 18.6 Å². The average molecular weight is 282 g/mol. The van der Waals surface area contributed by atoms with Crippen molar-refractivity contribution in [3.8, 4) is 5.75 Å². The van der Waals surface area contributed by atoms with E-state index in [9.17, 15) is 9.18 Å². The Labute approximate surface area is 119 Å². The molecule has 0 aromatic heterocycles. The van der Waals surface area contributed by atoms with Crippen LogP contribution in [0.15, 0.2) is 18.2 Å². The average Bonchev–Trinajstić information content (AvgIpc) is 2.35. The van der Waals surface area contributed by atoms with Crippen LogP contribution in [0, 0.1) is 11.7 Å². The van der Waals surface area contributed by atoms with Gasteiger partial charge in [0.2, 0.25) is 0 Å². The summed E-state index contributed by atoms with van der Waals surface area (Å²) in [7, 11) is 0. The van der Waals surface area contributed by atoms with Gasteiger partial charge in [-0.2, -0.15) is 0 Å². The Morgan fingerprint density at radius 2 is 2.00 bits per heavy atom. The molecule has 4 nitrogen and oxygen atoms in total. The highest BCUT2D eigenvalue weighted by Crippen LogP contribution is 2.20. The lowest BCUT2D eigenvalue weighted by molar-refractivity contribution is -0.124. The molecular weight excluding hydrogens is 259 g/mol. The van der Waals surface area contributed by atoms with Gasteiger partial charge in [0.25, 0.3) is 5.91 Å². The highest BCUT2D eigenvalue weighted by Gasteiger charge is 2.12. The van der Waals surface area contributed by atoms with Crippen molar-refractivity contribution in [2.45, 2.75) is 39.8 Å². The molecule has 0 radical (unpaired) electrons. The van der Waals surface area contributed by atoms with Gasteiger partial charge in [0, 0.05) is 23.7 Å². The summed E-state index contributed by atoms with van der Waals surface area (Å²) >= 11 is 0. The van der Waals surface area contributed by atoms with E-state index in [2.05, 4.69) is 5.32 Å². The molecule has 3 N–H and O–H groups in total. The first kappa shape index (κ1) is 16.4. The predicted octanol–water partition coefficient (Wildman–Crippen LogP) is 2.38. The molecule has 1 aromatic rings. The Bertz CT molecular complexity index is 461. The van der Waals surface area contributed by atoms with E-state index in [1.807, 2.05) is 20.8 Å². The van der Waals surface area contributed by atoms with Crippen LogP contribution in [0.5, 0.6) is 5.75 Å². The Hall–Kier alpha value is -1.62. The molecule has 2 unspecified atom stereocenters. The van der Waals surface area contributed by atoms with Crippen LogP contribution in [0.3, 0.4) is 0 Å². The van der Waals surface area contributed by atoms with Crippen LogP contribution in [0.4, 0.5) is 4.39 Å². The molecule has 20 heavy (non-hydrogen) atoms. The van der Waals surface area contributed by atoms with E-state index in [1.54, 1.807) is 19.1 Å². The van der Waals surface area contributed by atoms with Crippen LogP contribution in [-0.2, 0) is 4.79 Å². The minimum atomic E-state index is -0.423. The summed E-state index contributed by atoms with van der Waals surface area (Å²) < 4.78 is 19.0. The molecule has 1 rings (SSSR count). The molecule has 0 spiro atoms. The molecular formula is C15H23FN2O2. The minimum Gasteiger partial charge on any atom is -0.484 e. The minimum absolute atomic E-state index is 0.0725. The number of carbonyl (C=O) groups is 1. The fourth-order valence-corrected chi connectivity index (χ4v) is 1.58. The van der Waals surface area contributed by atoms with Crippen molar-refractivity contribution in [2.75, 3.05) is 6.61 Å². The smallest absolute Gasteiger partial charge is 0.258 e. The van der Waals surface area contributed by atoms with Crippen molar-refractivity contribution < 1.29 is 13.9 Å². The van der Waals surface area contributed by atoms with Gasteiger partial charge in [-0.25, -0.2) is 4.39 Å². The van der Waals surface area contributed by atoms with Gasteiger partial charge in [-0.05, 0) is 25.8 Å². The molecule has 112 valence electrons.